The average molecular weight is 249 g/mol. The van der Waals surface area contributed by atoms with Crippen molar-refractivity contribution in [1.82, 2.24) is 0 Å². The zero-order chi connectivity index (χ0) is 13.4. The summed E-state index contributed by atoms with van der Waals surface area (Å²) in [6.45, 7) is 0. The molecule has 0 aliphatic rings. The lowest BCUT2D eigenvalue weighted by molar-refractivity contribution is 0.111. The molecule has 3 aromatic rings. The normalized spacial score (nSPS) is 10.7. The van der Waals surface area contributed by atoms with Gasteiger partial charge in [-0.15, -0.1) is 0 Å². The first kappa shape index (κ1) is 11.4. The van der Waals surface area contributed by atoms with E-state index in [4.69, 9.17) is 5.73 Å². The highest BCUT2D eigenvalue weighted by molar-refractivity contribution is 6.13. The van der Waals surface area contributed by atoms with Crippen molar-refractivity contribution in [3.05, 3.63) is 53.6 Å². The minimum atomic E-state index is 0.333. The van der Waals surface area contributed by atoms with E-state index in [1.807, 2.05) is 36.4 Å². The van der Waals surface area contributed by atoms with Gasteiger partial charge in [-0.05, 0) is 39.7 Å². The number of hydrogen-bond acceptors (Lipinski definition) is 3. The summed E-state index contributed by atoms with van der Waals surface area (Å²) in [6, 6.07) is 13.2. The molecule has 0 saturated heterocycles. The van der Waals surface area contributed by atoms with Gasteiger partial charge in [-0.1, -0.05) is 24.3 Å². The number of fused-ring (bicyclic) bond motifs is 2. The number of hydrogen-bond donors (Lipinski definition) is 1. The number of benzene rings is 3. The van der Waals surface area contributed by atoms with Crippen molar-refractivity contribution in [2.45, 2.75) is 0 Å². The summed E-state index contributed by atoms with van der Waals surface area (Å²) in [5.41, 5.74) is 7.10. The zero-order valence-corrected chi connectivity index (χ0v) is 10.1. The summed E-state index contributed by atoms with van der Waals surface area (Å²) in [7, 11) is 0. The molecule has 2 N–H and O–H groups in total. The molecule has 19 heavy (non-hydrogen) atoms. The van der Waals surface area contributed by atoms with Crippen LogP contribution in [-0.2, 0) is 0 Å². The lowest BCUT2D eigenvalue weighted by Gasteiger charge is -2.09. The predicted molar refractivity (Wildman–Crippen MR) is 76.6 cm³/mol. The van der Waals surface area contributed by atoms with Gasteiger partial charge in [-0.2, -0.15) is 0 Å². The molecule has 0 aromatic heterocycles. The van der Waals surface area contributed by atoms with Crippen LogP contribution in [0.15, 0.2) is 42.5 Å². The largest absolute Gasteiger partial charge is 0.398 e. The van der Waals surface area contributed by atoms with E-state index in [9.17, 15) is 9.59 Å². The summed E-state index contributed by atoms with van der Waals surface area (Å²) in [4.78, 5) is 22.4. The van der Waals surface area contributed by atoms with Gasteiger partial charge in [0, 0.05) is 16.8 Å². The van der Waals surface area contributed by atoms with Crippen molar-refractivity contribution in [2.75, 3.05) is 5.73 Å². The summed E-state index contributed by atoms with van der Waals surface area (Å²) in [5.74, 6) is 0. The maximum atomic E-state index is 11.2. The van der Waals surface area contributed by atoms with Crippen molar-refractivity contribution < 1.29 is 9.59 Å². The van der Waals surface area contributed by atoms with Gasteiger partial charge in [-0.25, -0.2) is 0 Å². The van der Waals surface area contributed by atoms with Crippen LogP contribution in [-0.4, -0.2) is 12.6 Å². The highest BCUT2D eigenvalue weighted by atomic mass is 16.1. The van der Waals surface area contributed by atoms with E-state index in [-0.39, 0.29) is 0 Å². The molecular formula is C16H11NO2. The summed E-state index contributed by atoms with van der Waals surface area (Å²) in [6.07, 6.45) is 1.50. The fourth-order valence-electron chi connectivity index (χ4n) is 2.41. The Morgan fingerprint density at radius 2 is 1.47 bits per heavy atom. The molecule has 3 aromatic carbocycles. The SMILES string of the molecule is Nc1cc(C=O)c2cc3ccccc3cc2c1C=O. The van der Waals surface area contributed by atoms with Gasteiger partial charge >= 0.3 is 0 Å². The lowest BCUT2D eigenvalue weighted by Crippen LogP contribution is -1.97. The molecular weight excluding hydrogens is 238 g/mol. The minimum Gasteiger partial charge on any atom is -0.398 e. The Morgan fingerprint density at radius 1 is 0.842 bits per heavy atom. The Kier molecular flexibility index (Phi) is 2.53. The van der Waals surface area contributed by atoms with Crippen LogP contribution in [0.5, 0.6) is 0 Å². The summed E-state index contributed by atoms with van der Waals surface area (Å²) >= 11 is 0. The molecule has 0 aliphatic carbocycles. The van der Waals surface area contributed by atoms with E-state index >= 15 is 0 Å². The summed E-state index contributed by atoms with van der Waals surface area (Å²) < 4.78 is 0. The van der Waals surface area contributed by atoms with E-state index in [2.05, 4.69) is 0 Å². The lowest BCUT2D eigenvalue weighted by atomic mass is 9.95. The zero-order valence-electron chi connectivity index (χ0n) is 10.1. The molecule has 0 unspecified atom stereocenters. The molecule has 0 fully saturated rings. The highest BCUT2D eigenvalue weighted by Gasteiger charge is 2.10. The maximum absolute atomic E-state index is 11.2. The third-order valence-corrected chi connectivity index (χ3v) is 3.35. The van der Waals surface area contributed by atoms with E-state index < -0.39 is 0 Å². The molecule has 0 radical (unpaired) electrons. The molecule has 0 bridgehead atoms. The Hall–Kier alpha value is -2.68. The van der Waals surface area contributed by atoms with Gasteiger partial charge in [0.25, 0.3) is 0 Å². The predicted octanol–water partition coefficient (Wildman–Crippen LogP) is 3.20. The molecule has 3 nitrogen and oxygen atoms in total. The third-order valence-electron chi connectivity index (χ3n) is 3.35. The number of anilines is 1. The van der Waals surface area contributed by atoms with Crippen LogP contribution in [0.25, 0.3) is 21.5 Å². The molecule has 3 rings (SSSR count). The van der Waals surface area contributed by atoms with Crippen LogP contribution in [0.4, 0.5) is 5.69 Å². The van der Waals surface area contributed by atoms with E-state index in [1.54, 1.807) is 6.07 Å². The number of nitrogens with two attached hydrogens (primary N) is 1. The number of carbonyl (C=O) groups excluding carboxylic acids is 2. The topological polar surface area (TPSA) is 60.2 Å². The van der Waals surface area contributed by atoms with Crippen molar-refractivity contribution in [2.24, 2.45) is 0 Å². The van der Waals surface area contributed by atoms with Crippen LogP contribution in [0, 0.1) is 0 Å². The van der Waals surface area contributed by atoms with Crippen molar-refractivity contribution in [3.8, 4) is 0 Å². The van der Waals surface area contributed by atoms with Gasteiger partial charge in [0.1, 0.15) is 0 Å². The van der Waals surface area contributed by atoms with Gasteiger partial charge in [0.2, 0.25) is 0 Å². The highest BCUT2D eigenvalue weighted by Crippen LogP contribution is 2.30. The smallest absolute Gasteiger partial charge is 0.152 e. The van der Waals surface area contributed by atoms with Gasteiger partial charge < -0.3 is 5.73 Å². The molecule has 0 saturated carbocycles. The molecule has 0 atom stereocenters. The fraction of sp³-hybridized carbons (Fsp3) is 0. The monoisotopic (exact) mass is 249 g/mol. The Balaban J connectivity index is 2.57. The van der Waals surface area contributed by atoms with E-state index in [1.165, 1.54) is 0 Å². The first-order chi connectivity index (χ1) is 9.24. The van der Waals surface area contributed by atoms with E-state index in [0.717, 1.165) is 34.1 Å². The molecule has 0 amide bonds. The van der Waals surface area contributed by atoms with Crippen LogP contribution in [0.2, 0.25) is 0 Å². The molecule has 0 aliphatic heterocycles. The second-order valence-corrected chi connectivity index (χ2v) is 4.45. The fourth-order valence-corrected chi connectivity index (χ4v) is 2.41. The van der Waals surface area contributed by atoms with Gasteiger partial charge in [-0.3, -0.25) is 9.59 Å². The van der Waals surface area contributed by atoms with E-state index in [0.29, 0.717) is 16.8 Å². The summed E-state index contributed by atoms with van der Waals surface area (Å²) in [5, 5.41) is 3.51. The second-order valence-electron chi connectivity index (χ2n) is 4.45. The van der Waals surface area contributed by atoms with Crippen molar-refractivity contribution in [3.63, 3.8) is 0 Å². The Bertz CT molecular complexity index is 822. The molecule has 0 spiro atoms. The van der Waals surface area contributed by atoms with Crippen LogP contribution in [0.1, 0.15) is 20.7 Å². The van der Waals surface area contributed by atoms with Crippen molar-refractivity contribution >= 4 is 39.8 Å². The van der Waals surface area contributed by atoms with Crippen molar-refractivity contribution in [1.29, 1.82) is 0 Å². The number of carbonyl (C=O) groups is 2. The molecule has 0 heterocycles. The molecule has 3 heteroatoms. The minimum absolute atomic E-state index is 0.333. The van der Waals surface area contributed by atoms with Gasteiger partial charge in [0.15, 0.2) is 12.6 Å². The molecule has 92 valence electrons. The second kappa shape index (κ2) is 4.21. The van der Waals surface area contributed by atoms with Crippen LogP contribution < -0.4 is 5.73 Å². The average Bonchev–Trinajstić information content (AvgIpc) is 2.44. The Morgan fingerprint density at radius 3 is 2.05 bits per heavy atom. The number of aldehydes is 2. The first-order valence-electron chi connectivity index (χ1n) is 5.90. The first-order valence-corrected chi connectivity index (χ1v) is 5.90. The standard InChI is InChI=1S/C16H11NO2/c17-16-7-12(8-18)13-5-10-3-1-2-4-11(10)6-14(13)15(16)9-19/h1-9H,17H2. The quantitative estimate of drug-likeness (QED) is 0.431. The van der Waals surface area contributed by atoms with Gasteiger partial charge in [0.05, 0.1) is 0 Å². The van der Waals surface area contributed by atoms with Crippen LogP contribution in [0.3, 0.4) is 0 Å². The number of rotatable bonds is 2. The van der Waals surface area contributed by atoms with Crippen LogP contribution >= 0.6 is 0 Å². The maximum Gasteiger partial charge on any atom is 0.152 e. The number of nitrogen functional groups attached to an aromatic ring is 1. The Labute approximate surface area is 109 Å². The third kappa shape index (κ3) is 1.67.